The molecule has 44 heteroatoms. The summed E-state index contributed by atoms with van der Waals surface area (Å²) >= 11 is 0. The molecule has 6 aromatic heterocycles. The molecule has 3 aliphatic heterocycles. The fraction of sp³-hybridized carbons (Fsp3) is 0.556. The highest BCUT2D eigenvalue weighted by Gasteiger charge is 2.53. The van der Waals surface area contributed by atoms with Crippen LogP contribution in [0.25, 0.3) is 33.5 Å². The van der Waals surface area contributed by atoms with E-state index in [1.165, 1.54) is 52.4 Å². The average molecular weight is 1210 g/mol. The zero-order valence-corrected chi connectivity index (χ0v) is 45.2. The summed E-state index contributed by atoms with van der Waals surface area (Å²) < 4.78 is 106. The summed E-state index contributed by atoms with van der Waals surface area (Å²) in [7, 11) is -17.9. The van der Waals surface area contributed by atoms with E-state index in [4.69, 9.17) is 49.7 Å². The molecule has 0 aromatic carbocycles. The van der Waals surface area contributed by atoms with Crippen molar-refractivity contribution in [2.24, 2.45) is 13.0 Å². The molecule has 0 saturated carbocycles. The Hall–Kier alpha value is -5.64. The number of phosphoric ester groups is 2. The second-order valence-electron chi connectivity index (χ2n) is 18.3. The van der Waals surface area contributed by atoms with E-state index in [0.29, 0.717) is 0 Å². The highest BCUT2D eigenvalue weighted by Crippen LogP contribution is 2.68. The molecule has 9 heterocycles. The Labute approximate surface area is 445 Å². The van der Waals surface area contributed by atoms with Crippen molar-refractivity contribution in [1.82, 2.24) is 63.6 Å². The molecule has 0 aliphatic carbocycles. The van der Waals surface area contributed by atoms with Crippen molar-refractivity contribution >= 4 is 88.3 Å². The number of aliphatic hydroxyl groups excluding tert-OH is 3. The zero-order chi connectivity index (χ0) is 58.1. The van der Waals surface area contributed by atoms with E-state index < -0.39 is 148 Å². The Morgan fingerprint density at radius 3 is 2.02 bits per heavy atom. The van der Waals surface area contributed by atoms with Gasteiger partial charge in [-0.25, -0.2) is 47.9 Å². The van der Waals surface area contributed by atoms with Crippen LogP contribution >= 0.6 is 31.2 Å². The number of fused-ring (bicyclic) bond motifs is 3. The van der Waals surface area contributed by atoms with Gasteiger partial charge in [-0.15, -0.1) is 0 Å². The van der Waals surface area contributed by atoms with Crippen LogP contribution in [0.3, 0.4) is 0 Å². The largest absolute Gasteiger partial charge is 0.490 e. The minimum Gasteiger partial charge on any atom is -0.387 e. The number of methoxy groups -OCH3 is 1. The first-order valence-corrected chi connectivity index (χ1v) is 29.1. The number of rotatable bonds is 21. The van der Waals surface area contributed by atoms with Crippen LogP contribution in [-0.4, -0.2) is 189 Å². The quantitative estimate of drug-likeness (QED) is 0.0239. The smallest absolute Gasteiger partial charge is 0.387 e. The molecule has 438 valence electrons. The maximum absolute atomic E-state index is 13.9. The maximum Gasteiger partial charge on any atom is 0.490 e. The Bertz CT molecular complexity index is 3650. The second kappa shape index (κ2) is 22.3. The van der Waals surface area contributed by atoms with Gasteiger partial charge in [-0.05, 0) is 0 Å². The fourth-order valence-electron chi connectivity index (χ4n) is 9.13. The van der Waals surface area contributed by atoms with Crippen LogP contribution in [0.1, 0.15) is 25.1 Å². The number of anilines is 3. The molecular weight excluding hydrogens is 1160 g/mol. The third-order valence-corrected chi connectivity index (χ3v) is 18.2. The predicted octanol–water partition coefficient (Wildman–Crippen LogP) is -4.40. The molecule has 6 aromatic rings. The summed E-state index contributed by atoms with van der Waals surface area (Å²) in [4.78, 5) is 111. The summed E-state index contributed by atoms with van der Waals surface area (Å²) in [5.74, 6) is -2.47. The monoisotopic (exact) mass is 1210 g/mol. The Kier molecular flexibility index (Phi) is 16.4. The molecule has 16 atom stereocenters. The standard InChI is InChI=1S/C36H51N17O23P4/c1-49(2)17(54)5-13-14(72-32(22(13)55)53-12-50(3)21-29(53)45-36(39)47-31(21)59)6-70-78(62,63)75-80(66,67)76-79(64,65)71-7-15-18(25(68-4)34(73-15)51-10-42-19-26(37)40-9-41-27(19)51)48-77(60,61)69-8-16-23(56)24(57)33(74-16)52-11-43-20-28(52)44-35(38)46-30(20)58/h9-16,18,22-25,32-34,55-57H,5-8H2,1-4H3,(H12-,37,38,39,40,41,44,45,46,47,48,58,59,60,61,62,63,64,65,66,67)/p+1/t13-,14-,15-,16-,18-,22-,23-,24-,25-,32?,33-,34-/m1/s1. The van der Waals surface area contributed by atoms with Gasteiger partial charge in [0.2, 0.25) is 23.6 Å². The molecule has 16 N–H and O–H groups in total. The first kappa shape index (κ1) is 59.0. The lowest BCUT2D eigenvalue weighted by Gasteiger charge is -2.27. The summed E-state index contributed by atoms with van der Waals surface area (Å²) in [5.41, 5.74) is 15.7. The molecule has 0 radical (unpaired) electrons. The number of nitrogens with one attached hydrogen (secondary N) is 3. The second-order valence-corrected chi connectivity index (χ2v) is 24.5. The van der Waals surface area contributed by atoms with Gasteiger partial charge in [-0.1, -0.05) is 4.98 Å². The molecule has 80 heavy (non-hydrogen) atoms. The fourth-order valence-corrected chi connectivity index (χ4v) is 13.8. The molecule has 3 saturated heterocycles. The number of aromatic nitrogens is 12. The lowest BCUT2D eigenvalue weighted by molar-refractivity contribution is -0.745. The lowest BCUT2D eigenvalue weighted by atomic mass is 9.94. The van der Waals surface area contributed by atoms with Gasteiger partial charge in [0.15, 0.2) is 41.4 Å². The molecule has 0 spiro atoms. The van der Waals surface area contributed by atoms with E-state index in [0.717, 1.165) is 24.3 Å². The first-order valence-electron chi connectivity index (χ1n) is 23.1. The van der Waals surface area contributed by atoms with E-state index >= 15 is 0 Å². The van der Waals surface area contributed by atoms with Crippen molar-refractivity contribution in [1.29, 1.82) is 0 Å². The van der Waals surface area contributed by atoms with Gasteiger partial charge in [-0.2, -0.15) is 13.6 Å². The normalized spacial score (nSPS) is 29.2. The number of imidazole rings is 3. The number of aliphatic hydroxyl groups is 3. The summed E-state index contributed by atoms with van der Waals surface area (Å²) in [6.45, 7) is -3.19. The molecule has 0 bridgehead atoms. The van der Waals surface area contributed by atoms with Crippen LogP contribution in [0, 0.1) is 5.92 Å². The van der Waals surface area contributed by atoms with E-state index in [1.807, 2.05) is 0 Å². The van der Waals surface area contributed by atoms with Gasteiger partial charge in [0.05, 0.1) is 51.7 Å². The third-order valence-electron chi connectivity index (χ3n) is 12.8. The van der Waals surface area contributed by atoms with Crippen LogP contribution in [-0.2, 0) is 71.2 Å². The Morgan fingerprint density at radius 2 is 1.36 bits per heavy atom. The van der Waals surface area contributed by atoms with Crippen LogP contribution in [0.5, 0.6) is 0 Å². The number of hydrogen-bond donors (Lipinski definition) is 13. The number of phosphoric acid groups is 3. The number of carbonyl (C=O) groups is 1. The van der Waals surface area contributed by atoms with Crippen LogP contribution in [0.2, 0.25) is 0 Å². The molecular formula is C36H52N17O23P4+. The van der Waals surface area contributed by atoms with E-state index in [2.05, 4.69) is 53.6 Å². The van der Waals surface area contributed by atoms with Crippen LogP contribution in [0.15, 0.2) is 34.9 Å². The Balaban J connectivity index is 0.879. The van der Waals surface area contributed by atoms with Gasteiger partial charge in [-0.3, -0.25) is 51.6 Å². The van der Waals surface area contributed by atoms with E-state index in [-0.39, 0.29) is 51.2 Å². The Morgan fingerprint density at radius 1 is 0.762 bits per heavy atom. The number of aromatic amines is 2. The molecule has 9 rings (SSSR count). The minimum atomic E-state index is -6.22. The van der Waals surface area contributed by atoms with Gasteiger partial charge < -0.3 is 75.9 Å². The topological polar surface area (TPSA) is 565 Å². The lowest BCUT2D eigenvalue weighted by Crippen LogP contribution is -2.45. The third kappa shape index (κ3) is 12.0. The number of aryl methyl sites for hydroxylation is 1. The van der Waals surface area contributed by atoms with Gasteiger partial charge >= 0.3 is 36.9 Å². The summed E-state index contributed by atoms with van der Waals surface area (Å²) in [6.07, 6.45) is -11.6. The molecule has 3 aliphatic rings. The number of carbonyl (C=O) groups excluding carboxylic acids is 1. The number of amides is 1. The van der Waals surface area contributed by atoms with Crippen molar-refractivity contribution in [2.75, 3.05) is 58.2 Å². The van der Waals surface area contributed by atoms with Crippen LogP contribution in [0.4, 0.5) is 17.7 Å². The number of nitrogen functional groups attached to an aromatic ring is 3. The molecule has 3 fully saturated rings. The van der Waals surface area contributed by atoms with Crippen molar-refractivity contribution in [3.8, 4) is 0 Å². The van der Waals surface area contributed by atoms with Gasteiger partial charge in [0, 0.05) is 33.5 Å². The van der Waals surface area contributed by atoms with Crippen molar-refractivity contribution < 1.29 is 104 Å². The van der Waals surface area contributed by atoms with Gasteiger partial charge in [0.25, 0.3) is 17.1 Å². The minimum absolute atomic E-state index is 0.00584. The highest BCUT2D eigenvalue weighted by molar-refractivity contribution is 7.66. The van der Waals surface area contributed by atoms with Crippen molar-refractivity contribution in [2.45, 2.75) is 73.9 Å². The maximum atomic E-state index is 13.9. The van der Waals surface area contributed by atoms with E-state index in [9.17, 15) is 67.5 Å². The molecule has 1 amide bonds. The highest BCUT2D eigenvalue weighted by atomic mass is 31.3. The van der Waals surface area contributed by atoms with Crippen molar-refractivity contribution in [3.05, 3.63) is 46.0 Å². The number of ether oxygens (including phenoxy) is 4. The number of H-pyrrole nitrogens is 2. The number of nitrogens with zero attached hydrogens (tertiary/aromatic N) is 11. The summed E-state index contributed by atoms with van der Waals surface area (Å²) in [6, 6.07) is -1.66. The van der Waals surface area contributed by atoms with Crippen molar-refractivity contribution in [3.63, 3.8) is 0 Å². The number of hydrogen-bond acceptors (Lipinski definition) is 28. The first-order chi connectivity index (χ1) is 37.5. The molecule has 5 unspecified atom stereocenters. The van der Waals surface area contributed by atoms with Gasteiger partial charge in [0.1, 0.15) is 48.5 Å². The average Bonchev–Trinajstić information content (AvgIpc) is 4.23. The molecule has 40 nitrogen and oxygen atoms in total. The summed E-state index contributed by atoms with van der Waals surface area (Å²) in [5, 5.41) is 35.6. The number of nitrogens with two attached hydrogens (primary N) is 3. The SMILES string of the molecule is CO[C@@H]1[C@H](NP(=O)(O)OC[C@H]2O[C@@H](n3cnc4c(=O)[nH]c(N)nc43)[C@H](O)[C@@H]2O)[C@@H](COP(=O)(O)OP(=O)(O)OP(=O)(O)OC[C@H]2OC([n+]3cn(C)c4c(=O)[nH]c(N)nc43)[C@H](O)[C@@H]2CC(=O)N(C)C)O[C@H]1n1cnc2c(N)ncnc21. The zero-order valence-electron chi connectivity index (χ0n) is 41.7. The van der Waals surface area contributed by atoms with Crippen LogP contribution < -0.4 is 38.0 Å². The predicted molar refractivity (Wildman–Crippen MR) is 262 cm³/mol. The van der Waals surface area contributed by atoms with E-state index in [1.54, 1.807) is 0 Å².